The number of aromatic nitrogens is 2. The number of carbonyl (C=O) groups excluding carboxylic acids is 1. The van der Waals surface area contributed by atoms with Crippen LogP contribution >= 0.6 is 11.8 Å². The van der Waals surface area contributed by atoms with Gasteiger partial charge in [-0.3, -0.25) is 14.2 Å². The minimum atomic E-state index is -0.304. The summed E-state index contributed by atoms with van der Waals surface area (Å²) in [4.78, 5) is 28.5. The van der Waals surface area contributed by atoms with E-state index in [0.29, 0.717) is 23.1 Å². The van der Waals surface area contributed by atoms with Crippen LogP contribution in [0.1, 0.15) is 23.7 Å². The number of hydrogen-bond donors (Lipinski definition) is 1. The van der Waals surface area contributed by atoms with Crippen LogP contribution in [-0.4, -0.2) is 21.2 Å². The first-order chi connectivity index (χ1) is 11.0. The molecule has 1 aliphatic heterocycles. The Labute approximate surface area is 136 Å². The van der Waals surface area contributed by atoms with Crippen LogP contribution in [0.25, 0.3) is 0 Å². The Morgan fingerprint density at radius 1 is 1.43 bits per heavy atom. The van der Waals surface area contributed by atoms with Crippen LogP contribution in [0.4, 0.5) is 4.39 Å². The molecule has 0 fully saturated rings. The van der Waals surface area contributed by atoms with Gasteiger partial charge in [0.15, 0.2) is 5.16 Å². The van der Waals surface area contributed by atoms with Crippen molar-refractivity contribution < 1.29 is 9.18 Å². The van der Waals surface area contributed by atoms with E-state index in [1.807, 2.05) is 0 Å². The number of aryl methyl sites for hydroxylation is 1. The molecule has 1 aliphatic rings. The van der Waals surface area contributed by atoms with Crippen molar-refractivity contribution >= 4 is 17.7 Å². The summed E-state index contributed by atoms with van der Waals surface area (Å²) >= 11 is 1.49. The van der Waals surface area contributed by atoms with E-state index in [9.17, 15) is 14.0 Å². The lowest BCUT2D eigenvalue weighted by molar-refractivity contribution is -0.121. The molecular formula is C16H16FN3O2S. The van der Waals surface area contributed by atoms with E-state index in [4.69, 9.17) is 0 Å². The Kier molecular flexibility index (Phi) is 4.47. The lowest BCUT2D eigenvalue weighted by Crippen LogP contribution is -2.30. The zero-order chi connectivity index (χ0) is 16.4. The van der Waals surface area contributed by atoms with E-state index >= 15 is 0 Å². The zero-order valence-electron chi connectivity index (χ0n) is 12.6. The quantitative estimate of drug-likeness (QED) is 0.870. The molecule has 0 aliphatic carbocycles. The molecule has 2 heterocycles. The number of halogens is 1. The van der Waals surface area contributed by atoms with Crippen molar-refractivity contribution in [1.82, 2.24) is 14.9 Å². The Morgan fingerprint density at radius 2 is 2.17 bits per heavy atom. The summed E-state index contributed by atoms with van der Waals surface area (Å²) in [6, 6.07) is 7.29. The van der Waals surface area contributed by atoms with Gasteiger partial charge in [0.25, 0.3) is 5.56 Å². The standard InChI is InChI=1S/C16H16FN3O2S/c1-10-6-15(22)20-13(9-23-16(20)19-10)7-14(21)18-8-11-2-4-12(17)5-3-11/h2-6,13H,7-9H2,1H3,(H,18,21)/t13-/m1/s1. The fourth-order valence-electron chi connectivity index (χ4n) is 2.50. The van der Waals surface area contributed by atoms with Gasteiger partial charge >= 0.3 is 0 Å². The Morgan fingerprint density at radius 3 is 2.91 bits per heavy atom. The molecule has 120 valence electrons. The first-order valence-electron chi connectivity index (χ1n) is 7.27. The average Bonchev–Trinajstić information content (AvgIpc) is 2.89. The van der Waals surface area contributed by atoms with E-state index in [1.54, 1.807) is 23.6 Å². The highest BCUT2D eigenvalue weighted by Crippen LogP contribution is 2.31. The Balaban J connectivity index is 1.62. The van der Waals surface area contributed by atoms with Crippen molar-refractivity contribution in [3.8, 4) is 0 Å². The van der Waals surface area contributed by atoms with Gasteiger partial charge in [0.05, 0.1) is 6.04 Å². The fraction of sp³-hybridized carbons (Fsp3) is 0.312. The predicted octanol–water partition coefficient (Wildman–Crippen LogP) is 2.04. The molecule has 1 N–H and O–H groups in total. The summed E-state index contributed by atoms with van der Waals surface area (Å²) in [6.45, 7) is 2.12. The average molecular weight is 333 g/mol. The molecule has 1 atom stereocenters. The van der Waals surface area contributed by atoms with Gasteiger partial charge in [-0.2, -0.15) is 0 Å². The number of nitrogens with zero attached hydrogens (tertiary/aromatic N) is 2. The van der Waals surface area contributed by atoms with Crippen molar-refractivity contribution in [2.45, 2.75) is 31.1 Å². The summed E-state index contributed by atoms with van der Waals surface area (Å²) < 4.78 is 14.4. The van der Waals surface area contributed by atoms with Crippen molar-refractivity contribution in [2.75, 3.05) is 5.75 Å². The van der Waals surface area contributed by atoms with Crippen LogP contribution in [0.3, 0.4) is 0 Å². The number of fused-ring (bicyclic) bond motifs is 1. The van der Waals surface area contributed by atoms with Crippen LogP contribution in [-0.2, 0) is 11.3 Å². The molecule has 2 aromatic rings. The molecular weight excluding hydrogens is 317 g/mol. The Bertz CT molecular complexity index is 789. The summed E-state index contributed by atoms with van der Waals surface area (Å²) in [6.07, 6.45) is 0.228. The number of nitrogens with one attached hydrogen (secondary N) is 1. The third-order valence-corrected chi connectivity index (χ3v) is 4.74. The molecule has 23 heavy (non-hydrogen) atoms. The lowest BCUT2D eigenvalue weighted by atomic mass is 10.2. The normalized spacial score (nSPS) is 16.2. The minimum absolute atomic E-state index is 0.117. The highest BCUT2D eigenvalue weighted by molar-refractivity contribution is 7.99. The van der Waals surface area contributed by atoms with Gasteiger partial charge < -0.3 is 5.32 Å². The lowest BCUT2D eigenvalue weighted by Gasteiger charge is -2.13. The Hall–Kier alpha value is -2.15. The maximum absolute atomic E-state index is 12.8. The second kappa shape index (κ2) is 6.54. The number of hydrogen-bond acceptors (Lipinski definition) is 4. The molecule has 0 saturated heterocycles. The van der Waals surface area contributed by atoms with E-state index in [1.165, 1.54) is 30.0 Å². The molecule has 3 rings (SSSR count). The van der Waals surface area contributed by atoms with Crippen LogP contribution in [0.2, 0.25) is 0 Å². The predicted molar refractivity (Wildman–Crippen MR) is 85.9 cm³/mol. The maximum Gasteiger partial charge on any atom is 0.254 e. The van der Waals surface area contributed by atoms with Crippen LogP contribution in [0.5, 0.6) is 0 Å². The van der Waals surface area contributed by atoms with Gasteiger partial charge in [-0.25, -0.2) is 9.37 Å². The van der Waals surface area contributed by atoms with Gasteiger partial charge in [0.2, 0.25) is 5.91 Å². The smallest absolute Gasteiger partial charge is 0.254 e. The van der Waals surface area contributed by atoms with Gasteiger partial charge in [0.1, 0.15) is 5.82 Å². The first-order valence-corrected chi connectivity index (χ1v) is 8.25. The van der Waals surface area contributed by atoms with Gasteiger partial charge in [-0.05, 0) is 24.6 Å². The number of carbonyl (C=O) groups is 1. The molecule has 0 saturated carbocycles. The van der Waals surface area contributed by atoms with Crippen molar-refractivity contribution in [1.29, 1.82) is 0 Å². The highest BCUT2D eigenvalue weighted by atomic mass is 32.2. The number of thioether (sulfide) groups is 1. The largest absolute Gasteiger partial charge is 0.352 e. The number of rotatable bonds is 4. The molecule has 1 aromatic carbocycles. The summed E-state index contributed by atoms with van der Waals surface area (Å²) in [7, 11) is 0. The maximum atomic E-state index is 12.8. The van der Waals surface area contributed by atoms with E-state index in [-0.39, 0.29) is 29.7 Å². The molecule has 1 amide bonds. The molecule has 0 unspecified atom stereocenters. The molecule has 7 heteroatoms. The van der Waals surface area contributed by atoms with Crippen LogP contribution in [0, 0.1) is 12.7 Å². The van der Waals surface area contributed by atoms with Crippen molar-refractivity contribution in [2.24, 2.45) is 0 Å². The SMILES string of the molecule is Cc1cc(=O)n2c(n1)SC[C@H]2CC(=O)NCc1ccc(F)cc1. The molecule has 0 bridgehead atoms. The van der Waals surface area contributed by atoms with Crippen molar-refractivity contribution in [3.05, 3.63) is 57.8 Å². The third kappa shape index (κ3) is 3.61. The number of amides is 1. The second-order valence-corrected chi connectivity index (χ2v) is 6.45. The monoisotopic (exact) mass is 333 g/mol. The molecule has 5 nitrogen and oxygen atoms in total. The van der Waals surface area contributed by atoms with Crippen molar-refractivity contribution in [3.63, 3.8) is 0 Å². The van der Waals surface area contributed by atoms with Crippen LogP contribution in [0.15, 0.2) is 40.3 Å². The third-order valence-electron chi connectivity index (χ3n) is 3.64. The van der Waals surface area contributed by atoms with Gasteiger partial charge in [0, 0.05) is 30.5 Å². The fourth-order valence-corrected chi connectivity index (χ4v) is 3.70. The topological polar surface area (TPSA) is 64.0 Å². The molecule has 0 radical (unpaired) electrons. The minimum Gasteiger partial charge on any atom is -0.352 e. The first kappa shape index (κ1) is 15.7. The molecule has 1 aromatic heterocycles. The highest BCUT2D eigenvalue weighted by Gasteiger charge is 2.27. The summed E-state index contributed by atoms with van der Waals surface area (Å²) in [5, 5.41) is 3.47. The summed E-state index contributed by atoms with van der Waals surface area (Å²) in [5.41, 5.74) is 1.40. The van der Waals surface area contributed by atoms with Crippen LogP contribution < -0.4 is 10.9 Å². The summed E-state index contributed by atoms with van der Waals surface area (Å²) in [5.74, 6) is 0.220. The number of benzene rings is 1. The second-order valence-electron chi connectivity index (χ2n) is 5.46. The van der Waals surface area contributed by atoms with Gasteiger partial charge in [-0.15, -0.1) is 0 Å². The van der Waals surface area contributed by atoms with Gasteiger partial charge in [-0.1, -0.05) is 23.9 Å². The van der Waals surface area contributed by atoms with E-state index < -0.39 is 0 Å². The van der Waals surface area contributed by atoms with E-state index in [0.717, 1.165) is 5.56 Å². The van der Waals surface area contributed by atoms with E-state index in [2.05, 4.69) is 10.3 Å². The molecule has 0 spiro atoms. The zero-order valence-corrected chi connectivity index (χ0v) is 13.4.